The van der Waals surface area contributed by atoms with Crippen LogP contribution in [0.4, 0.5) is 26.4 Å². The van der Waals surface area contributed by atoms with Gasteiger partial charge in [-0.2, -0.15) is 18.9 Å². The second-order valence-corrected chi connectivity index (χ2v) is 20.0. The van der Waals surface area contributed by atoms with E-state index in [0.717, 1.165) is 68.8 Å². The van der Waals surface area contributed by atoms with Gasteiger partial charge < -0.3 is 20.3 Å². The number of sulfonamides is 1. The number of aromatic nitrogens is 12. The first-order valence-electron chi connectivity index (χ1n) is 20.9. The van der Waals surface area contributed by atoms with Crippen LogP contribution >= 0.6 is 23.1 Å². The maximum absolute atomic E-state index is 12.5. The van der Waals surface area contributed by atoms with Crippen molar-refractivity contribution in [2.24, 2.45) is 14.1 Å². The lowest BCUT2D eigenvalue weighted by molar-refractivity contribution is 0.0969. The van der Waals surface area contributed by atoms with Gasteiger partial charge in [-0.15, -0.1) is 0 Å². The van der Waals surface area contributed by atoms with Gasteiger partial charge in [-0.25, -0.2) is 37.5 Å². The summed E-state index contributed by atoms with van der Waals surface area (Å²) in [5.41, 5.74) is 7.25. The van der Waals surface area contributed by atoms with Crippen molar-refractivity contribution < 1.29 is 17.9 Å². The molecule has 10 rings (SSSR count). The molecule has 0 radical (unpaired) electrons. The van der Waals surface area contributed by atoms with Crippen molar-refractivity contribution in [1.29, 1.82) is 0 Å². The van der Waals surface area contributed by atoms with Crippen LogP contribution in [0.15, 0.2) is 74.1 Å². The molecule has 1 atom stereocenters. The molecule has 0 aromatic carbocycles. The molecular formula is C41H48N16O4S3. The number of hydrogen-bond acceptors (Lipinski definition) is 16. The third-order valence-corrected chi connectivity index (χ3v) is 15.0. The average molecular weight is 925 g/mol. The van der Waals surface area contributed by atoms with Crippen molar-refractivity contribution in [1.82, 2.24) is 66.3 Å². The molecular weight excluding hydrogens is 877 g/mol. The number of ether oxygens (including phenoxy) is 1. The fourth-order valence-electron chi connectivity index (χ4n) is 7.93. The Balaban J connectivity index is 0.000000162. The highest BCUT2D eigenvalue weighted by atomic mass is 32.2. The Hall–Kier alpha value is -6.30. The summed E-state index contributed by atoms with van der Waals surface area (Å²) in [4.78, 5) is 31.8. The summed E-state index contributed by atoms with van der Waals surface area (Å²) in [6.45, 7) is 8.07. The van der Waals surface area contributed by atoms with Gasteiger partial charge in [0, 0.05) is 100 Å². The van der Waals surface area contributed by atoms with E-state index in [-0.39, 0.29) is 12.0 Å². The minimum absolute atomic E-state index is 0.0997. The van der Waals surface area contributed by atoms with Crippen LogP contribution in [0.2, 0.25) is 0 Å². The summed E-state index contributed by atoms with van der Waals surface area (Å²) in [6, 6.07) is 4.06. The number of likely N-dealkylation sites (tertiary alicyclic amines) is 1. The predicted octanol–water partition coefficient (Wildman–Crippen LogP) is 6.52. The minimum Gasteiger partial charge on any atom is -0.450 e. The highest BCUT2D eigenvalue weighted by Gasteiger charge is 2.35. The Labute approximate surface area is 377 Å². The summed E-state index contributed by atoms with van der Waals surface area (Å²) in [5, 5.41) is 16.5. The van der Waals surface area contributed by atoms with Gasteiger partial charge in [0.05, 0.1) is 59.4 Å². The number of amides is 1. The molecule has 0 bridgehead atoms. The summed E-state index contributed by atoms with van der Waals surface area (Å²) < 4.78 is 48.3. The quantitative estimate of drug-likeness (QED) is 0.141. The number of nitrogens with zero attached hydrogens (tertiary/aromatic N) is 14. The van der Waals surface area contributed by atoms with Crippen LogP contribution in [0, 0.1) is 0 Å². The molecule has 2 saturated heterocycles. The fourth-order valence-corrected chi connectivity index (χ4v) is 10.7. The normalized spacial score (nSPS) is 16.2. The first-order valence-corrected chi connectivity index (χ1v) is 24.0. The number of rotatable bonds is 11. The van der Waals surface area contributed by atoms with Gasteiger partial charge in [-0.3, -0.25) is 18.2 Å². The van der Waals surface area contributed by atoms with Gasteiger partial charge in [0.1, 0.15) is 10.0 Å². The first kappa shape index (κ1) is 43.0. The van der Waals surface area contributed by atoms with Crippen molar-refractivity contribution in [3.05, 3.63) is 85.5 Å². The maximum atomic E-state index is 12.5. The summed E-state index contributed by atoms with van der Waals surface area (Å²) in [7, 11) is 0.535. The minimum atomic E-state index is -3.24. The molecule has 1 amide bonds. The monoisotopic (exact) mass is 924 g/mol. The van der Waals surface area contributed by atoms with Gasteiger partial charge in [0.25, 0.3) is 0 Å². The van der Waals surface area contributed by atoms with E-state index in [1.54, 1.807) is 57.2 Å². The molecule has 0 saturated carbocycles. The standard InChI is InChI=1S/C21H24N8O2S.C20H24N8O2S2/c1-3-31-21(30)28-7-4-14(5-8-28)16-10-18(32-26-16)25-19-20-23-12-17(29(20)9-6-22-19)15-11-24-27(2)13-15;1-13(2)32(29,30)27-6-4-14(12-27)16-8-18(31-25-16)24-19-20-22-10-17(28(20)7-5-21-19)15-9-23-26(3)11-15/h6,9-14H,3-5,7-8H2,1-2H3,(H,22,25);5,7-11,13-14H,4,6,12H2,1-3H3,(H,21,24). The van der Waals surface area contributed by atoms with Crippen LogP contribution in [-0.2, 0) is 28.9 Å². The summed E-state index contributed by atoms with van der Waals surface area (Å²) in [5.74, 6) is 1.74. The summed E-state index contributed by atoms with van der Waals surface area (Å²) >= 11 is 2.75. The zero-order chi connectivity index (χ0) is 44.5. The number of fused-ring (bicyclic) bond motifs is 2. The number of anilines is 4. The molecule has 8 aromatic rings. The molecule has 10 heterocycles. The third-order valence-electron chi connectivity index (χ3n) is 11.4. The molecule has 2 fully saturated rings. The van der Waals surface area contributed by atoms with Crippen LogP contribution in [0.3, 0.4) is 0 Å². The van der Waals surface area contributed by atoms with E-state index in [4.69, 9.17) is 4.74 Å². The van der Waals surface area contributed by atoms with Crippen molar-refractivity contribution in [3.8, 4) is 22.5 Å². The Morgan fingerprint density at radius 2 is 1.28 bits per heavy atom. The number of nitrogens with one attached hydrogen (secondary N) is 2. The second-order valence-electron chi connectivity index (χ2n) is 15.9. The Morgan fingerprint density at radius 1 is 0.766 bits per heavy atom. The largest absolute Gasteiger partial charge is 0.450 e. The van der Waals surface area contributed by atoms with Crippen LogP contribution in [0.5, 0.6) is 0 Å². The zero-order valence-corrected chi connectivity index (χ0v) is 38.4. The van der Waals surface area contributed by atoms with E-state index in [9.17, 15) is 13.2 Å². The van der Waals surface area contributed by atoms with E-state index in [0.29, 0.717) is 56.0 Å². The average Bonchev–Trinajstić information content (AvgIpc) is 4.14. The van der Waals surface area contributed by atoms with Gasteiger partial charge in [-0.1, -0.05) is 0 Å². The number of carbonyl (C=O) groups excluding carboxylic acids is 1. The molecule has 23 heteroatoms. The molecule has 2 aliphatic rings. The predicted molar refractivity (Wildman–Crippen MR) is 245 cm³/mol. The number of imidazole rings is 2. The van der Waals surface area contributed by atoms with Crippen molar-refractivity contribution in [2.45, 2.75) is 57.1 Å². The van der Waals surface area contributed by atoms with E-state index in [1.807, 2.05) is 73.1 Å². The lowest BCUT2D eigenvalue weighted by atomic mass is 9.94. The van der Waals surface area contributed by atoms with Gasteiger partial charge in [-0.05, 0) is 75.2 Å². The molecule has 0 aliphatic carbocycles. The number of carbonyl (C=O) groups is 1. The Bertz CT molecular complexity index is 3010. The van der Waals surface area contributed by atoms with E-state index >= 15 is 0 Å². The third kappa shape index (κ3) is 8.79. The molecule has 334 valence electrons. The topological polar surface area (TPSA) is 213 Å². The van der Waals surface area contributed by atoms with Crippen LogP contribution in [0.25, 0.3) is 33.8 Å². The van der Waals surface area contributed by atoms with Crippen molar-refractivity contribution in [2.75, 3.05) is 43.4 Å². The van der Waals surface area contributed by atoms with Crippen LogP contribution < -0.4 is 10.6 Å². The van der Waals surface area contributed by atoms with Crippen molar-refractivity contribution in [3.63, 3.8) is 0 Å². The zero-order valence-electron chi connectivity index (χ0n) is 35.9. The lowest BCUT2D eigenvalue weighted by Gasteiger charge is -2.30. The van der Waals surface area contributed by atoms with Gasteiger partial charge in [0.2, 0.25) is 10.0 Å². The maximum Gasteiger partial charge on any atom is 0.409 e. The lowest BCUT2D eigenvalue weighted by Crippen LogP contribution is -2.38. The van der Waals surface area contributed by atoms with Crippen LogP contribution in [0.1, 0.15) is 63.3 Å². The van der Waals surface area contributed by atoms with Crippen LogP contribution in [-0.4, -0.2) is 119 Å². The molecule has 2 N–H and O–H groups in total. The molecule has 20 nitrogen and oxygen atoms in total. The number of hydrogen-bond donors (Lipinski definition) is 2. The van der Waals surface area contributed by atoms with Gasteiger partial charge in [0.15, 0.2) is 22.9 Å². The van der Waals surface area contributed by atoms with E-state index in [2.05, 4.69) is 55.6 Å². The number of aryl methyl sites for hydroxylation is 2. The molecule has 1 unspecified atom stereocenters. The van der Waals surface area contributed by atoms with E-state index in [1.165, 1.54) is 23.1 Å². The Kier molecular flexibility index (Phi) is 12.1. The highest BCUT2D eigenvalue weighted by Crippen LogP contribution is 2.35. The highest BCUT2D eigenvalue weighted by molar-refractivity contribution is 7.89. The number of piperidine rings is 1. The van der Waals surface area contributed by atoms with Gasteiger partial charge >= 0.3 is 6.09 Å². The Morgan fingerprint density at radius 3 is 1.77 bits per heavy atom. The molecule has 8 aromatic heterocycles. The molecule has 2 aliphatic heterocycles. The smallest absolute Gasteiger partial charge is 0.409 e. The van der Waals surface area contributed by atoms with E-state index < -0.39 is 15.3 Å². The SMILES string of the molecule is CC(C)S(=O)(=O)N1CCC(c2cc(Nc3nccn4c(-c5cnn(C)c5)cnc34)sn2)C1.CCOC(=O)N1CCC(c2cc(Nc3nccn4c(-c5cnn(C)c5)cnc34)sn2)CC1. The fraction of sp³-hybridized carbons (Fsp3) is 0.390. The second kappa shape index (κ2) is 18.1. The first-order chi connectivity index (χ1) is 30.9. The molecule has 0 spiro atoms. The molecule has 64 heavy (non-hydrogen) atoms. The van der Waals surface area contributed by atoms with Crippen molar-refractivity contribution >= 4 is 72.1 Å². The summed E-state index contributed by atoms with van der Waals surface area (Å²) in [6.07, 6.45) is 20.7.